The minimum atomic E-state index is -0.653. The summed E-state index contributed by atoms with van der Waals surface area (Å²) in [5, 5.41) is 9.61. The Labute approximate surface area is 145 Å². The van der Waals surface area contributed by atoms with Gasteiger partial charge in [0.1, 0.15) is 11.8 Å². The van der Waals surface area contributed by atoms with Crippen molar-refractivity contribution in [3.8, 4) is 17.6 Å². The third kappa shape index (κ3) is 2.43. The predicted octanol–water partition coefficient (Wildman–Crippen LogP) is 2.87. The predicted molar refractivity (Wildman–Crippen MR) is 88.3 cm³/mol. The Morgan fingerprint density at radius 3 is 2.76 bits per heavy atom. The molecule has 0 aromatic heterocycles. The molecule has 0 radical (unpaired) electrons. The Kier molecular flexibility index (Phi) is 3.29. The number of fused-ring (bicyclic) bond motifs is 1. The van der Waals surface area contributed by atoms with Gasteiger partial charge in [-0.3, -0.25) is 4.79 Å². The van der Waals surface area contributed by atoms with Gasteiger partial charge in [-0.05, 0) is 17.5 Å². The Morgan fingerprint density at radius 2 is 2.00 bits per heavy atom. The smallest absolute Gasteiger partial charge is 0.231 e. The van der Waals surface area contributed by atoms with Gasteiger partial charge in [0.2, 0.25) is 6.79 Å². The van der Waals surface area contributed by atoms with Gasteiger partial charge in [0.05, 0.1) is 16.8 Å². The minimum Gasteiger partial charge on any atom is -0.484 e. The molecule has 0 spiro atoms. The number of nitrogens with two attached hydrogens (primary N) is 1. The van der Waals surface area contributed by atoms with E-state index in [2.05, 4.69) is 6.07 Å². The maximum Gasteiger partial charge on any atom is 0.231 e. The molecule has 25 heavy (non-hydrogen) atoms. The normalized spacial score (nSPS) is 23.9. The summed E-state index contributed by atoms with van der Waals surface area (Å²) in [6.45, 7) is 4.21. The Bertz CT molecular complexity index is 889. The number of hydrogen-bond acceptors (Lipinski definition) is 6. The molecular formula is C19H18N2O4. The van der Waals surface area contributed by atoms with Crippen LogP contribution in [-0.2, 0) is 9.53 Å². The Hall–Kier alpha value is -2.94. The zero-order chi connectivity index (χ0) is 17.8. The van der Waals surface area contributed by atoms with Crippen molar-refractivity contribution in [1.29, 1.82) is 5.26 Å². The molecule has 6 nitrogen and oxygen atoms in total. The van der Waals surface area contributed by atoms with Gasteiger partial charge in [-0.15, -0.1) is 0 Å². The standard InChI is InChI=1S/C19H18N2O4/c1-19(2)6-12(22)16-15(7-19)25-18(11(8-20)17(16)21)10-3-4-13-14(5-10)24-9-23-13/h3-5,18H,6-7,9,21H2,1-2H3. The topological polar surface area (TPSA) is 94.6 Å². The van der Waals surface area contributed by atoms with Crippen LogP contribution < -0.4 is 15.2 Å². The molecule has 4 rings (SSSR count). The molecule has 3 aliphatic rings. The van der Waals surface area contributed by atoms with E-state index in [1.165, 1.54) is 0 Å². The van der Waals surface area contributed by atoms with Crippen LogP contribution in [0.4, 0.5) is 0 Å². The van der Waals surface area contributed by atoms with E-state index in [1.54, 1.807) is 12.1 Å². The molecular weight excluding hydrogens is 320 g/mol. The summed E-state index contributed by atoms with van der Waals surface area (Å²) >= 11 is 0. The van der Waals surface area contributed by atoms with Crippen LogP contribution >= 0.6 is 0 Å². The fraction of sp³-hybridized carbons (Fsp3) is 0.368. The lowest BCUT2D eigenvalue weighted by molar-refractivity contribution is -0.118. The summed E-state index contributed by atoms with van der Waals surface area (Å²) in [6, 6.07) is 7.51. The lowest BCUT2D eigenvalue weighted by Gasteiger charge is -2.37. The molecule has 1 aromatic rings. The second kappa shape index (κ2) is 5.28. The number of carbonyl (C=O) groups is 1. The van der Waals surface area contributed by atoms with Crippen molar-refractivity contribution in [3.63, 3.8) is 0 Å². The number of nitriles is 1. The zero-order valence-electron chi connectivity index (χ0n) is 14.1. The second-order valence-corrected chi connectivity index (χ2v) is 7.29. The maximum atomic E-state index is 12.5. The lowest BCUT2D eigenvalue weighted by atomic mass is 9.74. The van der Waals surface area contributed by atoms with E-state index in [0.29, 0.717) is 35.7 Å². The van der Waals surface area contributed by atoms with Crippen LogP contribution in [0, 0.1) is 16.7 Å². The monoisotopic (exact) mass is 338 g/mol. The van der Waals surface area contributed by atoms with Gasteiger partial charge in [-0.1, -0.05) is 19.9 Å². The molecule has 2 heterocycles. The van der Waals surface area contributed by atoms with Crippen molar-refractivity contribution < 1.29 is 19.0 Å². The van der Waals surface area contributed by atoms with E-state index in [-0.39, 0.29) is 29.3 Å². The number of ether oxygens (including phenoxy) is 3. The highest BCUT2D eigenvalue weighted by atomic mass is 16.7. The number of allylic oxidation sites excluding steroid dienone is 2. The number of benzene rings is 1. The van der Waals surface area contributed by atoms with Crippen LogP contribution in [0.25, 0.3) is 0 Å². The molecule has 6 heteroatoms. The highest BCUT2D eigenvalue weighted by Gasteiger charge is 2.41. The van der Waals surface area contributed by atoms with Gasteiger partial charge in [0, 0.05) is 18.4 Å². The quantitative estimate of drug-likeness (QED) is 0.846. The molecule has 2 N–H and O–H groups in total. The van der Waals surface area contributed by atoms with E-state index in [1.807, 2.05) is 19.9 Å². The molecule has 1 atom stereocenters. The largest absolute Gasteiger partial charge is 0.484 e. The lowest BCUT2D eigenvalue weighted by Crippen LogP contribution is -2.33. The van der Waals surface area contributed by atoms with E-state index in [4.69, 9.17) is 19.9 Å². The fourth-order valence-corrected chi connectivity index (χ4v) is 3.57. The fourth-order valence-electron chi connectivity index (χ4n) is 3.57. The molecule has 0 saturated heterocycles. The first-order valence-corrected chi connectivity index (χ1v) is 8.12. The first-order chi connectivity index (χ1) is 11.9. The molecule has 1 unspecified atom stereocenters. The second-order valence-electron chi connectivity index (χ2n) is 7.29. The Balaban J connectivity index is 1.79. The van der Waals surface area contributed by atoms with Gasteiger partial charge in [0.25, 0.3) is 0 Å². The summed E-state index contributed by atoms with van der Waals surface area (Å²) < 4.78 is 16.9. The van der Waals surface area contributed by atoms with Crippen molar-refractivity contribution in [3.05, 3.63) is 46.4 Å². The highest BCUT2D eigenvalue weighted by molar-refractivity contribution is 6.01. The van der Waals surface area contributed by atoms with Gasteiger partial charge in [0.15, 0.2) is 23.4 Å². The van der Waals surface area contributed by atoms with Gasteiger partial charge < -0.3 is 19.9 Å². The van der Waals surface area contributed by atoms with Crippen LogP contribution in [0.3, 0.4) is 0 Å². The number of ketones is 1. The van der Waals surface area contributed by atoms with E-state index >= 15 is 0 Å². The molecule has 1 aliphatic carbocycles. The van der Waals surface area contributed by atoms with Crippen molar-refractivity contribution >= 4 is 5.78 Å². The molecule has 128 valence electrons. The van der Waals surface area contributed by atoms with Crippen LogP contribution in [0.5, 0.6) is 11.5 Å². The zero-order valence-corrected chi connectivity index (χ0v) is 14.1. The average Bonchev–Trinajstić information content (AvgIpc) is 3.00. The van der Waals surface area contributed by atoms with Gasteiger partial charge in [-0.25, -0.2) is 0 Å². The van der Waals surface area contributed by atoms with Crippen molar-refractivity contribution in [2.75, 3.05) is 6.79 Å². The molecule has 2 aliphatic heterocycles. The van der Waals surface area contributed by atoms with Crippen LogP contribution in [0.15, 0.2) is 40.8 Å². The average molecular weight is 338 g/mol. The first kappa shape index (κ1) is 15.6. The van der Waals surface area contributed by atoms with E-state index in [9.17, 15) is 10.1 Å². The van der Waals surface area contributed by atoms with Crippen molar-refractivity contribution in [1.82, 2.24) is 0 Å². The molecule has 0 fully saturated rings. The minimum absolute atomic E-state index is 0.0689. The summed E-state index contributed by atoms with van der Waals surface area (Å²) in [5.41, 5.74) is 7.61. The highest BCUT2D eigenvalue weighted by Crippen LogP contribution is 2.47. The molecule has 1 aromatic carbocycles. The summed E-state index contributed by atoms with van der Waals surface area (Å²) in [5.74, 6) is 1.77. The molecule has 0 saturated carbocycles. The first-order valence-electron chi connectivity index (χ1n) is 8.12. The number of hydrogen-bond donors (Lipinski definition) is 1. The summed E-state index contributed by atoms with van der Waals surface area (Å²) in [4.78, 5) is 12.5. The summed E-state index contributed by atoms with van der Waals surface area (Å²) in [6.07, 6.45) is 0.345. The summed E-state index contributed by atoms with van der Waals surface area (Å²) in [7, 11) is 0. The third-order valence-corrected chi connectivity index (χ3v) is 4.74. The van der Waals surface area contributed by atoms with E-state index < -0.39 is 6.10 Å². The number of carbonyl (C=O) groups excluding carboxylic acids is 1. The SMILES string of the molecule is CC1(C)CC(=O)C2=C(C1)OC(c1ccc3c(c1)OCO3)C(C#N)=C2N. The van der Waals surface area contributed by atoms with Crippen LogP contribution in [0.1, 0.15) is 38.4 Å². The van der Waals surface area contributed by atoms with Crippen molar-refractivity contribution in [2.45, 2.75) is 32.8 Å². The van der Waals surface area contributed by atoms with Crippen LogP contribution in [0.2, 0.25) is 0 Å². The number of Topliss-reactive ketones (excluding diaryl/α,β-unsaturated/α-hetero) is 1. The maximum absolute atomic E-state index is 12.5. The number of nitrogens with zero attached hydrogens (tertiary/aromatic N) is 1. The van der Waals surface area contributed by atoms with E-state index in [0.717, 1.165) is 5.56 Å². The third-order valence-electron chi connectivity index (χ3n) is 4.74. The van der Waals surface area contributed by atoms with Gasteiger partial charge >= 0.3 is 0 Å². The van der Waals surface area contributed by atoms with Gasteiger partial charge in [-0.2, -0.15) is 5.26 Å². The molecule has 0 amide bonds. The number of rotatable bonds is 1. The molecule has 0 bridgehead atoms. The van der Waals surface area contributed by atoms with Crippen molar-refractivity contribution in [2.24, 2.45) is 11.1 Å². The van der Waals surface area contributed by atoms with Crippen LogP contribution in [-0.4, -0.2) is 12.6 Å². The Morgan fingerprint density at radius 1 is 1.24 bits per heavy atom.